The highest BCUT2D eigenvalue weighted by Gasteiger charge is 2.36. The Morgan fingerprint density at radius 3 is 1.27 bits per heavy atom. The van der Waals surface area contributed by atoms with Crippen LogP contribution in [0.3, 0.4) is 0 Å². The van der Waals surface area contributed by atoms with Gasteiger partial charge in [-0.1, -0.05) is 24.3 Å². The molecular weight excluding hydrogens is 1220 g/mol. The molecule has 6 aromatic carbocycles. The molecule has 12 rings (SSSR count). The molecule has 0 aliphatic carbocycles. The van der Waals surface area contributed by atoms with Crippen molar-refractivity contribution in [1.82, 2.24) is 29.1 Å². The lowest BCUT2D eigenvalue weighted by molar-refractivity contribution is 0.0683. The largest absolute Gasteiger partial charge is 0.478 e. The van der Waals surface area contributed by atoms with E-state index >= 15 is 26.3 Å². The molecule has 0 radical (unpaired) electrons. The van der Waals surface area contributed by atoms with Gasteiger partial charge in [0.2, 0.25) is 11.8 Å². The molecule has 10 aromatic rings. The van der Waals surface area contributed by atoms with Crippen molar-refractivity contribution in [3.63, 3.8) is 0 Å². The summed E-state index contributed by atoms with van der Waals surface area (Å²) in [6, 6.07) is 27.6. The van der Waals surface area contributed by atoms with Crippen LogP contribution in [-0.2, 0) is 45.0 Å². The molecule has 4 atom stereocenters. The lowest BCUT2D eigenvalue weighted by Crippen LogP contribution is -2.26. The van der Waals surface area contributed by atoms with E-state index in [4.69, 9.17) is 38.9 Å². The number of pyridine rings is 2. The van der Waals surface area contributed by atoms with Gasteiger partial charge in [0.1, 0.15) is 83.0 Å². The number of rotatable bonds is 18. The van der Waals surface area contributed by atoms with E-state index in [1.165, 1.54) is 87.0 Å². The smallest absolute Gasteiger partial charge is 0.335 e. The molecule has 468 valence electrons. The summed E-state index contributed by atoms with van der Waals surface area (Å²) in [5.74, 6) is -8.50. The summed E-state index contributed by atoms with van der Waals surface area (Å²) < 4.78 is 157. The number of halogens is 8. The first-order valence-corrected chi connectivity index (χ1v) is 27.9. The summed E-state index contributed by atoms with van der Waals surface area (Å²) >= 11 is 0. The normalized spacial score (nSPS) is 16.1. The van der Waals surface area contributed by atoms with E-state index in [0.717, 1.165) is 48.5 Å². The first-order chi connectivity index (χ1) is 44.3. The number of methoxy groups -OCH3 is 2. The van der Waals surface area contributed by atoms with Crippen LogP contribution in [0, 0.1) is 69.2 Å². The molecule has 2 aliphatic heterocycles. The molecule has 0 unspecified atom stereocenters. The lowest BCUT2D eigenvalue weighted by Gasteiger charge is -2.21. The first-order valence-electron chi connectivity index (χ1n) is 27.9. The summed E-state index contributed by atoms with van der Waals surface area (Å²) in [5, 5.41) is 36.8. The Balaban J connectivity index is 0.000000188. The maximum absolute atomic E-state index is 15.6. The lowest BCUT2D eigenvalue weighted by atomic mass is 10.0. The number of imidazole rings is 2. The second-order valence-electron chi connectivity index (χ2n) is 21.2. The van der Waals surface area contributed by atoms with E-state index in [2.05, 4.69) is 19.9 Å². The molecule has 2 fully saturated rings. The van der Waals surface area contributed by atoms with Gasteiger partial charge in [0.15, 0.2) is 11.6 Å². The van der Waals surface area contributed by atoms with Gasteiger partial charge >= 0.3 is 11.9 Å². The zero-order valence-electron chi connectivity index (χ0n) is 48.3. The highest BCUT2D eigenvalue weighted by atomic mass is 19.2. The number of hydrogen-bond donors (Lipinski definition) is 2. The SMILES string of the molecule is CO[C@@H]1COC[C@@H]1n1c(Cc2cc(F)c(-c3cccc(OCc4ccc(C#N)cc4F)n3)cc2F)nc2c(F)cc(C(=O)O)cc21.CO[C@@H]1COC[C@@H]1n1c(Cc2cc(F)c(-c3cccc(OCc4ccc(C#N)cc4F)n3)cc2F)nc2c(F)cc(C(=O)O)cc21. The molecule has 4 aromatic heterocycles. The minimum Gasteiger partial charge on any atom is -0.478 e. The minimum atomic E-state index is -1.34. The zero-order valence-corrected chi connectivity index (χ0v) is 48.3. The van der Waals surface area contributed by atoms with Crippen LogP contribution in [0.5, 0.6) is 11.8 Å². The number of benzene rings is 6. The van der Waals surface area contributed by atoms with Crippen molar-refractivity contribution >= 4 is 34.0 Å². The van der Waals surface area contributed by atoms with Crippen LogP contribution < -0.4 is 9.47 Å². The molecule has 2 N–H and O–H groups in total. The molecule has 0 amide bonds. The van der Waals surface area contributed by atoms with Crippen LogP contribution in [0.4, 0.5) is 35.1 Å². The molecule has 2 saturated heterocycles. The summed E-state index contributed by atoms with van der Waals surface area (Å²) in [6.45, 7) is 0.306. The highest BCUT2D eigenvalue weighted by molar-refractivity contribution is 5.94. The number of hydrogen-bond acceptors (Lipinski definition) is 14. The van der Waals surface area contributed by atoms with Gasteiger partial charge in [-0.2, -0.15) is 10.5 Å². The van der Waals surface area contributed by atoms with E-state index < -0.39 is 82.8 Å². The summed E-state index contributed by atoms with van der Waals surface area (Å²) in [4.78, 5) is 40.6. The Morgan fingerprint density at radius 1 is 0.500 bits per heavy atom. The fraction of sp³-hybridized carbons (Fsp3) is 0.212. The number of carbonyl (C=O) groups is 2. The standard InChI is InChI=1S/2C33H24F4N4O5/c2*1-44-29-16-45-15-28(29)41-27-10-20(33(42)43)9-25(37)32(27)40-30(41)11-19-8-24(36)21(12-23(19)35)26-3-2-4-31(39-26)46-14-18-6-5-17(13-38)7-22(18)34/h2*2-10,12,28-29H,11,14-16H2,1H3,(H,42,43)/t2*28-,29+/m00/s1. The van der Waals surface area contributed by atoms with Gasteiger partial charge < -0.3 is 47.8 Å². The average Bonchev–Trinajstić information content (AvgIpc) is 1.60. The maximum atomic E-state index is 15.6. The average molecular weight is 1270 g/mol. The molecule has 92 heavy (non-hydrogen) atoms. The van der Waals surface area contributed by atoms with Gasteiger partial charge in [0, 0.05) is 61.4 Å². The number of nitrogens with zero attached hydrogens (tertiary/aromatic N) is 8. The Labute approximate surface area is 516 Å². The summed E-state index contributed by atoms with van der Waals surface area (Å²) in [5.41, 5.74) is -0.242. The summed E-state index contributed by atoms with van der Waals surface area (Å²) in [7, 11) is 2.95. The van der Waals surface area contributed by atoms with E-state index in [1.54, 1.807) is 9.13 Å². The summed E-state index contributed by atoms with van der Waals surface area (Å²) in [6.07, 6.45) is -1.49. The Hall–Kier alpha value is -10.6. The topological polar surface area (TPSA) is 239 Å². The van der Waals surface area contributed by atoms with E-state index in [-0.39, 0.29) is 165 Å². The maximum Gasteiger partial charge on any atom is 0.335 e. The van der Waals surface area contributed by atoms with Gasteiger partial charge in [-0.3, -0.25) is 0 Å². The van der Waals surface area contributed by atoms with Crippen LogP contribution in [-0.4, -0.2) is 104 Å². The molecule has 0 spiro atoms. The number of fused-ring (bicyclic) bond motifs is 2. The quantitative estimate of drug-likeness (QED) is 0.0759. The zero-order chi connectivity index (χ0) is 65.1. The van der Waals surface area contributed by atoms with Gasteiger partial charge in [0.05, 0.1) is 95.3 Å². The molecular formula is C66H48F8N8O10. The molecule has 0 saturated carbocycles. The van der Waals surface area contributed by atoms with Crippen LogP contribution >= 0.6 is 0 Å². The van der Waals surface area contributed by atoms with Crippen molar-refractivity contribution in [3.8, 4) is 46.4 Å². The van der Waals surface area contributed by atoms with Crippen molar-refractivity contribution in [2.45, 2.75) is 50.3 Å². The van der Waals surface area contributed by atoms with Gasteiger partial charge in [-0.25, -0.2) is 64.6 Å². The number of carboxylic acid groups (broad SMARTS) is 2. The Bertz CT molecular complexity index is 4340. The molecule has 18 nitrogen and oxygen atoms in total. The number of aromatic carboxylic acids is 2. The second-order valence-corrected chi connectivity index (χ2v) is 21.2. The fourth-order valence-electron chi connectivity index (χ4n) is 10.9. The highest BCUT2D eigenvalue weighted by Crippen LogP contribution is 2.36. The molecule has 0 bridgehead atoms. The van der Waals surface area contributed by atoms with Crippen molar-refractivity contribution in [2.75, 3.05) is 40.6 Å². The fourth-order valence-corrected chi connectivity index (χ4v) is 10.9. The second kappa shape index (κ2) is 26.8. The van der Waals surface area contributed by atoms with Gasteiger partial charge in [-0.15, -0.1) is 0 Å². The third-order valence-corrected chi connectivity index (χ3v) is 15.5. The molecule has 26 heteroatoms. The van der Waals surface area contributed by atoms with Crippen molar-refractivity contribution in [1.29, 1.82) is 10.5 Å². The van der Waals surface area contributed by atoms with E-state index in [1.807, 2.05) is 12.1 Å². The number of aromatic nitrogens is 6. The minimum absolute atomic E-state index is 0.0353. The van der Waals surface area contributed by atoms with E-state index in [0.29, 0.717) is 0 Å². The van der Waals surface area contributed by atoms with Gasteiger partial charge in [-0.05, 0) is 96.1 Å². The number of ether oxygens (including phenoxy) is 6. The predicted octanol–water partition coefficient (Wildman–Crippen LogP) is 12.0. The van der Waals surface area contributed by atoms with Crippen molar-refractivity contribution in [2.24, 2.45) is 0 Å². The first kappa shape index (κ1) is 62.9. The van der Waals surface area contributed by atoms with Gasteiger partial charge in [0.25, 0.3) is 0 Å². The Morgan fingerprint density at radius 2 is 0.902 bits per heavy atom. The number of carboxylic acids is 2. The van der Waals surface area contributed by atoms with Crippen molar-refractivity contribution in [3.05, 3.63) is 224 Å². The Kier molecular flexibility index (Phi) is 18.4. The number of nitriles is 2. The van der Waals surface area contributed by atoms with Crippen LogP contribution in [0.25, 0.3) is 44.6 Å². The van der Waals surface area contributed by atoms with E-state index in [9.17, 15) is 28.6 Å². The molecule has 6 heterocycles. The van der Waals surface area contributed by atoms with Crippen LogP contribution in [0.2, 0.25) is 0 Å². The van der Waals surface area contributed by atoms with Crippen molar-refractivity contribution < 1.29 is 83.3 Å². The van der Waals surface area contributed by atoms with Crippen LogP contribution in [0.1, 0.15) is 77.8 Å². The monoisotopic (exact) mass is 1260 g/mol. The van der Waals surface area contributed by atoms with Crippen LogP contribution in [0.15, 0.2) is 121 Å². The third-order valence-electron chi connectivity index (χ3n) is 15.5. The molecule has 2 aliphatic rings. The predicted molar refractivity (Wildman–Crippen MR) is 310 cm³/mol. The third kappa shape index (κ3) is 13.0.